The third kappa shape index (κ3) is 7.13. The number of esters is 1. The van der Waals surface area contributed by atoms with Gasteiger partial charge in [-0.2, -0.15) is 0 Å². The third-order valence-corrected chi connectivity index (χ3v) is 3.74. The van der Waals surface area contributed by atoms with Crippen LogP contribution in [-0.2, 0) is 14.3 Å². The summed E-state index contributed by atoms with van der Waals surface area (Å²) >= 11 is 5.80. The number of benzene rings is 1. The highest BCUT2D eigenvalue weighted by molar-refractivity contribution is 6.30. The minimum absolute atomic E-state index is 0.0996. The summed E-state index contributed by atoms with van der Waals surface area (Å²) in [6.45, 7) is 4.85. The third-order valence-electron chi connectivity index (χ3n) is 3.48. The molecule has 0 spiro atoms. The van der Waals surface area contributed by atoms with Gasteiger partial charge in [0.2, 0.25) is 5.91 Å². The standard InChI is InChI=1S/C18H24ClNO4/c1-13(2)12-20(11-10-18(23)24-3)17(22)9-8-16(21)14-4-6-15(19)7-5-14/h4-7,13H,8-12H2,1-3H3. The number of ketones is 1. The van der Waals surface area contributed by atoms with Crippen molar-refractivity contribution in [3.05, 3.63) is 34.9 Å². The summed E-state index contributed by atoms with van der Waals surface area (Å²) in [6, 6.07) is 6.60. The highest BCUT2D eigenvalue weighted by Gasteiger charge is 2.18. The van der Waals surface area contributed by atoms with E-state index in [1.165, 1.54) is 7.11 Å². The highest BCUT2D eigenvalue weighted by atomic mass is 35.5. The van der Waals surface area contributed by atoms with Crippen molar-refractivity contribution in [1.82, 2.24) is 4.90 Å². The van der Waals surface area contributed by atoms with Gasteiger partial charge in [0.15, 0.2) is 5.78 Å². The summed E-state index contributed by atoms with van der Waals surface area (Å²) in [4.78, 5) is 37.4. The predicted octanol–water partition coefficient (Wildman–Crippen LogP) is 3.35. The number of methoxy groups -OCH3 is 1. The van der Waals surface area contributed by atoms with Gasteiger partial charge in [0.05, 0.1) is 13.5 Å². The van der Waals surface area contributed by atoms with Crippen LogP contribution < -0.4 is 0 Å². The number of halogens is 1. The average Bonchev–Trinajstić information content (AvgIpc) is 2.56. The summed E-state index contributed by atoms with van der Waals surface area (Å²) in [6.07, 6.45) is 0.405. The number of hydrogen-bond acceptors (Lipinski definition) is 4. The van der Waals surface area contributed by atoms with Crippen molar-refractivity contribution in [2.24, 2.45) is 5.92 Å². The number of ether oxygens (including phenoxy) is 1. The minimum atomic E-state index is -0.353. The molecule has 0 atom stereocenters. The lowest BCUT2D eigenvalue weighted by Gasteiger charge is -2.24. The molecular weight excluding hydrogens is 330 g/mol. The maximum Gasteiger partial charge on any atom is 0.307 e. The topological polar surface area (TPSA) is 63.7 Å². The van der Waals surface area contributed by atoms with E-state index in [-0.39, 0.29) is 42.8 Å². The van der Waals surface area contributed by atoms with E-state index in [1.54, 1.807) is 29.2 Å². The first-order chi connectivity index (χ1) is 11.3. The number of carbonyl (C=O) groups excluding carboxylic acids is 3. The Hall–Kier alpha value is -1.88. The van der Waals surface area contributed by atoms with E-state index in [0.29, 0.717) is 23.7 Å². The lowest BCUT2D eigenvalue weighted by Crippen LogP contribution is -2.36. The number of nitrogens with zero attached hydrogens (tertiary/aromatic N) is 1. The van der Waals surface area contributed by atoms with Crippen molar-refractivity contribution in [2.45, 2.75) is 33.1 Å². The van der Waals surface area contributed by atoms with Gasteiger partial charge < -0.3 is 9.64 Å². The van der Waals surface area contributed by atoms with Crippen LogP contribution in [-0.4, -0.2) is 42.8 Å². The number of Topliss-reactive ketones (excluding diaryl/α,β-unsaturated/α-hetero) is 1. The molecule has 0 aliphatic rings. The Balaban J connectivity index is 2.58. The van der Waals surface area contributed by atoms with Gasteiger partial charge in [-0.1, -0.05) is 25.4 Å². The SMILES string of the molecule is COC(=O)CCN(CC(C)C)C(=O)CCC(=O)c1ccc(Cl)cc1. The van der Waals surface area contributed by atoms with E-state index in [1.807, 2.05) is 13.8 Å². The summed E-state index contributed by atoms with van der Waals surface area (Å²) in [7, 11) is 1.32. The first kappa shape index (κ1) is 20.2. The molecule has 0 aliphatic carbocycles. The largest absolute Gasteiger partial charge is 0.469 e. The molecule has 0 heterocycles. The Labute approximate surface area is 147 Å². The molecule has 0 saturated heterocycles. The Bertz CT molecular complexity index is 569. The van der Waals surface area contributed by atoms with Gasteiger partial charge in [-0.05, 0) is 30.2 Å². The zero-order valence-electron chi connectivity index (χ0n) is 14.4. The van der Waals surface area contributed by atoms with Gasteiger partial charge in [-0.15, -0.1) is 0 Å². The van der Waals surface area contributed by atoms with E-state index < -0.39 is 0 Å². The Morgan fingerprint density at radius 1 is 1.08 bits per heavy atom. The fraction of sp³-hybridized carbons (Fsp3) is 0.500. The molecule has 1 rings (SSSR count). The van der Waals surface area contributed by atoms with E-state index in [9.17, 15) is 14.4 Å². The van der Waals surface area contributed by atoms with Crippen LogP contribution in [0.5, 0.6) is 0 Å². The fourth-order valence-corrected chi connectivity index (χ4v) is 2.37. The number of rotatable bonds is 9. The van der Waals surface area contributed by atoms with Crippen molar-refractivity contribution in [3.8, 4) is 0 Å². The van der Waals surface area contributed by atoms with Gasteiger partial charge in [-0.25, -0.2) is 0 Å². The second-order valence-electron chi connectivity index (χ2n) is 5.99. The first-order valence-electron chi connectivity index (χ1n) is 7.96. The molecule has 0 N–H and O–H groups in total. The van der Waals surface area contributed by atoms with E-state index >= 15 is 0 Å². The smallest absolute Gasteiger partial charge is 0.307 e. The van der Waals surface area contributed by atoms with Gasteiger partial charge in [0.25, 0.3) is 0 Å². The maximum absolute atomic E-state index is 12.4. The molecule has 6 heteroatoms. The van der Waals surface area contributed by atoms with E-state index in [0.717, 1.165) is 0 Å². The van der Waals surface area contributed by atoms with Crippen molar-refractivity contribution < 1.29 is 19.1 Å². The zero-order chi connectivity index (χ0) is 18.1. The molecule has 1 aromatic rings. The molecule has 132 valence electrons. The van der Waals surface area contributed by atoms with E-state index in [4.69, 9.17) is 11.6 Å². The summed E-state index contributed by atoms with van der Waals surface area (Å²) in [5.41, 5.74) is 0.539. The molecule has 0 saturated carbocycles. The Kier molecular flexibility index (Phi) is 8.47. The van der Waals surface area contributed by atoms with Crippen LogP contribution in [0.25, 0.3) is 0 Å². The van der Waals surface area contributed by atoms with Crippen molar-refractivity contribution >= 4 is 29.3 Å². The van der Waals surface area contributed by atoms with Crippen molar-refractivity contribution in [1.29, 1.82) is 0 Å². The molecule has 0 aromatic heterocycles. The molecule has 1 aromatic carbocycles. The van der Waals surface area contributed by atoms with Crippen LogP contribution in [0.15, 0.2) is 24.3 Å². The Morgan fingerprint density at radius 2 is 1.71 bits per heavy atom. The highest BCUT2D eigenvalue weighted by Crippen LogP contribution is 2.13. The molecule has 0 aliphatic heterocycles. The van der Waals surface area contributed by atoms with Crippen molar-refractivity contribution in [3.63, 3.8) is 0 Å². The zero-order valence-corrected chi connectivity index (χ0v) is 15.1. The first-order valence-corrected chi connectivity index (χ1v) is 8.34. The Morgan fingerprint density at radius 3 is 2.25 bits per heavy atom. The van der Waals surface area contributed by atoms with Gasteiger partial charge in [0.1, 0.15) is 0 Å². The summed E-state index contributed by atoms with van der Waals surface area (Å²) in [5.74, 6) is -0.306. The maximum atomic E-state index is 12.4. The van der Waals surface area contributed by atoms with Crippen LogP contribution in [0, 0.1) is 5.92 Å². The molecular formula is C18H24ClNO4. The summed E-state index contributed by atoms with van der Waals surface area (Å²) in [5, 5.41) is 0.563. The normalized spacial score (nSPS) is 10.5. The van der Waals surface area contributed by atoms with Crippen LogP contribution in [0.4, 0.5) is 0 Å². The van der Waals surface area contributed by atoms with Crippen LogP contribution in [0.3, 0.4) is 0 Å². The lowest BCUT2D eigenvalue weighted by atomic mass is 10.1. The predicted molar refractivity (Wildman–Crippen MR) is 93.1 cm³/mol. The second kappa shape index (κ2) is 10.1. The fourth-order valence-electron chi connectivity index (χ4n) is 2.25. The average molecular weight is 354 g/mol. The quantitative estimate of drug-likeness (QED) is 0.504. The summed E-state index contributed by atoms with van der Waals surface area (Å²) < 4.78 is 4.61. The van der Waals surface area contributed by atoms with Crippen LogP contribution in [0.2, 0.25) is 5.02 Å². The van der Waals surface area contributed by atoms with Crippen molar-refractivity contribution in [2.75, 3.05) is 20.2 Å². The molecule has 0 unspecified atom stereocenters. The van der Waals surface area contributed by atoms with Gasteiger partial charge in [-0.3, -0.25) is 14.4 Å². The number of hydrogen-bond donors (Lipinski definition) is 0. The van der Waals surface area contributed by atoms with Gasteiger partial charge >= 0.3 is 5.97 Å². The minimum Gasteiger partial charge on any atom is -0.469 e. The van der Waals surface area contributed by atoms with Gasteiger partial charge in [0, 0.05) is 36.5 Å². The number of carbonyl (C=O) groups is 3. The molecule has 0 radical (unpaired) electrons. The molecule has 0 bridgehead atoms. The molecule has 1 amide bonds. The molecule has 5 nitrogen and oxygen atoms in total. The van der Waals surface area contributed by atoms with Crippen LogP contribution in [0.1, 0.15) is 43.5 Å². The second-order valence-corrected chi connectivity index (χ2v) is 6.43. The lowest BCUT2D eigenvalue weighted by molar-refractivity contribution is -0.141. The van der Waals surface area contributed by atoms with Crippen LogP contribution >= 0.6 is 11.6 Å². The van der Waals surface area contributed by atoms with E-state index in [2.05, 4.69) is 4.74 Å². The number of amides is 1. The molecule has 24 heavy (non-hydrogen) atoms. The molecule has 0 fully saturated rings. The monoisotopic (exact) mass is 353 g/mol.